The van der Waals surface area contributed by atoms with Crippen molar-refractivity contribution in [3.8, 4) is 6.07 Å². The number of hydrogen-bond acceptors (Lipinski definition) is 2. The molecule has 4 atom stereocenters. The smallest absolute Gasteiger partial charge is 0.0665 e. The Morgan fingerprint density at radius 1 is 1.14 bits per heavy atom. The molecule has 2 nitrogen and oxygen atoms in total. The zero-order chi connectivity index (χ0) is 16.5. The molecule has 122 valence electrons. The summed E-state index contributed by atoms with van der Waals surface area (Å²) in [4.78, 5) is 0. The predicted molar refractivity (Wildman–Crippen MR) is 95.7 cm³/mol. The molecule has 1 aromatic carbocycles. The van der Waals surface area contributed by atoms with E-state index in [2.05, 4.69) is 74.0 Å². The van der Waals surface area contributed by atoms with Gasteiger partial charge < -0.3 is 4.74 Å². The topological polar surface area (TPSA) is 33.0 Å². The molecule has 3 heteroatoms. The van der Waals surface area contributed by atoms with Crippen LogP contribution >= 0.6 is 15.9 Å². The maximum absolute atomic E-state index is 9.73. The molecule has 0 saturated heterocycles. The van der Waals surface area contributed by atoms with Gasteiger partial charge in [-0.15, -0.1) is 0 Å². The van der Waals surface area contributed by atoms with E-state index in [1.165, 1.54) is 5.56 Å². The molecule has 0 aromatic heterocycles. The second-order valence-corrected chi connectivity index (χ2v) is 7.09. The van der Waals surface area contributed by atoms with Crippen LogP contribution in [0.25, 0.3) is 0 Å². The Kier molecular flexibility index (Phi) is 8.75. The average molecular weight is 366 g/mol. The number of rotatable bonds is 9. The van der Waals surface area contributed by atoms with Crippen molar-refractivity contribution in [3.05, 3.63) is 34.3 Å². The molecule has 0 radical (unpaired) electrons. The van der Waals surface area contributed by atoms with E-state index in [1.54, 1.807) is 0 Å². The van der Waals surface area contributed by atoms with Crippen molar-refractivity contribution in [1.29, 1.82) is 5.26 Å². The summed E-state index contributed by atoms with van der Waals surface area (Å²) in [6.07, 6.45) is 2.05. The van der Waals surface area contributed by atoms with Crippen LogP contribution in [0.3, 0.4) is 0 Å². The fraction of sp³-hybridized carbons (Fsp3) is 0.632. The highest BCUT2D eigenvalue weighted by atomic mass is 79.9. The van der Waals surface area contributed by atoms with E-state index in [0.29, 0.717) is 18.4 Å². The fourth-order valence-corrected chi connectivity index (χ4v) is 3.17. The summed E-state index contributed by atoms with van der Waals surface area (Å²) >= 11 is 3.49. The third kappa shape index (κ3) is 5.41. The van der Waals surface area contributed by atoms with Crippen molar-refractivity contribution in [3.63, 3.8) is 0 Å². The van der Waals surface area contributed by atoms with Gasteiger partial charge in [-0.25, -0.2) is 0 Å². The largest absolute Gasteiger partial charge is 0.381 e. The van der Waals surface area contributed by atoms with E-state index in [4.69, 9.17) is 4.74 Å². The first-order valence-corrected chi connectivity index (χ1v) is 9.07. The first kappa shape index (κ1) is 19.2. The lowest BCUT2D eigenvalue weighted by atomic mass is 9.72. The molecular formula is C19H28BrNO. The normalized spacial score (nSPS) is 16.5. The van der Waals surface area contributed by atoms with Crippen LogP contribution in [0.5, 0.6) is 0 Å². The first-order valence-electron chi connectivity index (χ1n) is 8.27. The van der Waals surface area contributed by atoms with E-state index in [9.17, 15) is 5.26 Å². The highest BCUT2D eigenvalue weighted by Gasteiger charge is 2.31. The lowest BCUT2D eigenvalue weighted by Crippen LogP contribution is -2.27. The third-order valence-electron chi connectivity index (χ3n) is 4.39. The van der Waals surface area contributed by atoms with Crippen molar-refractivity contribution in [2.75, 3.05) is 13.2 Å². The molecular weight excluding hydrogens is 338 g/mol. The first-order chi connectivity index (χ1) is 10.5. The van der Waals surface area contributed by atoms with Crippen LogP contribution in [0.4, 0.5) is 0 Å². The Bertz CT molecular complexity index is 465. The summed E-state index contributed by atoms with van der Waals surface area (Å²) in [5.74, 6) is 0.940. The highest BCUT2D eigenvalue weighted by molar-refractivity contribution is 9.10. The molecule has 0 aliphatic carbocycles. The van der Waals surface area contributed by atoms with Gasteiger partial charge in [-0.3, -0.25) is 0 Å². The number of benzene rings is 1. The number of ether oxygens (including phenoxy) is 1. The zero-order valence-electron chi connectivity index (χ0n) is 14.2. The minimum atomic E-state index is 0.0198. The van der Waals surface area contributed by atoms with Crippen LogP contribution in [0.15, 0.2) is 28.7 Å². The summed E-state index contributed by atoms with van der Waals surface area (Å²) in [5, 5.41) is 9.73. The zero-order valence-corrected chi connectivity index (χ0v) is 15.8. The van der Waals surface area contributed by atoms with Gasteiger partial charge in [-0.2, -0.15) is 5.26 Å². The van der Waals surface area contributed by atoms with Gasteiger partial charge in [-0.05, 0) is 36.0 Å². The molecule has 0 heterocycles. The molecule has 0 aliphatic rings. The molecule has 0 aliphatic heterocycles. The van der Waals surface area contributed by atoms with Gasteiger partial charge in [0.15, 0.2) is 0 Å². The summed E-state index contributed by atoms with van der Waals surface area (Å²) in [6.45, 7) is 10.2. The molecule has 0 amide bonds. The highest BCUT2D eigenvalue weighted by Crippen LogP contribution is 2.38. The molecule has 22 heavy (non-hydrogen) atoms. The number of nitriles is 1. The minimum absolute atomic E-state index is 0.0198. The van der Waals surface area contributed by atoms with E-state index < -0.39 is 0 Å². The van der Waals surface area contributed by atoms with Crippen LogP contribution in [0, 0.1) is 29.1 Å². The van der Waals surface area contributed by atoms with Crippen LogP contribution < -0.4 is 0 Å². The summed E-state index contributed by atoms with van der Waals surface area (Å²) in [7, 11) is 0. The SMILES string of the molecule is CCCOCC(C)C(c1ccc(Br)cc1)C(C#N)C(C)CC. The Balaban J connectivity index is 3.03. The maximum Gasteiger partial charge on any atom is 0.0665 e. The van der Waals surface area contributed by atoms with Crippen molar-refractivity contribution >= 4 is 15.9 Å². The molecule has 0 saturated carbocycles. The van der Waals surface area contributed by atoms with E-state index in [-0.39, 0.29) is 11.8 Å². The Labute approximate surface area is 144 Å². The standard InChI is InChI=1S/C19H28BrNO/c1-5-11-22-13-15(4)19(18(12-21)14(3)6-2)16-7-9-17(20)10-8-16/h7-10,14-15,18-19H,5-6,11,13H2,1-4H3. The molecule has 0 fully saturated rings. The third-order valence-corrected chi connectivity index (χ3v) is 4.92. The lowest BCUT2D eigenvalue weighted by molar-refractivity contribution is 0.0864. The lowest BCUT2D eigenvalue weighted by Gasteiger charge is -2.31. The van der Waals surface area contributed by atoms with E-state index in [0.717, 1.165) is 23.9 Å². The number of halogens is 1. The van der Waals surface area contributed by atoms with Gasteiger partial charge in [0, 0.05) is 23.6 Å². The summed E-state index contributed by atoms with van der Waals surface area (Å²) < 4.78 is 6.83. The number of nitrogens with zero attached hydrogens (tertiary/aromatic N) is 1. The van der Waals surface area contributed by atoms with Gasteiger partial charge >= 0.3 is 0 Å². The van der Waals surface area contributed by atoms with Crippen molar-refractivity contribution < 1.29 is 4.74 Å². The van der Waals surface area contributed by atoms with Crippen LogP contribution in [0.2, 0.25) is 0 Å². The van der Waals surface area contributed by atoms with Gasteiger partial charge in [0.1, 0.15) is 0 Å². The Morgan fingerprint density at radius 2 is 1.77 bits per heavy atom. The fourth-order valence-electron chi connectivity index (χ4n) is 2.91. The van der Waals surface area contributed by atoms with Gasteiger partial charge in [-0.1, -0.05) is 62.2 Å². The quantitative estimate of drug-likeness (QED) is 0.519. The molecule has 4 unspecified atom stereocenters. The Morgan fingerprint density at radius 3 is 2.27 bits per heavy atom. The average Bonchev–Trinajstić information content (AvgIpc) is 2.53. The molecule has 1 rings (SSSR count). The molecule has 0 N–H and O–H groups in total. The van der Waals surface area contributed by atoms with E-state index in [1.807, 2.05) is 0 Å². The van der Waals surface area contributed by atoms with Gasteiger partial charge in [0.25, 0.3) is 0 Å². The van der Waals surface area contributed by atoms with Crippen LogP contribution in [0.1, 0.15) is 52.0 Å². The second kappa shape index (κ2) is 10.0. The van der Waals surface area contributed by atoms with Gasteiger partial charge in [0.2, 0.25) is 0 Å². The van der Waals surface area contributed by atoms with Crippen molar-refractivity contribution in [2.45, 2.75) is 46.5 Å². The summed E-state index contributed by atoms with van der Waals surface area (Å²) in [5.41, 5.74) is 1.24. The predicted octanol–water partition coefficient (Wildman–Crippen LogP) is 5.78. The maximum atomic E-state index is 9.73. The molecule has 1 aromatic rings. The van der Waals surface area contributed by atoms with Crippen molar-refractivity contribution in [1.82, 2.24) is 0 Å². The van der Waals surface area contributed by atoms with Crippen LogP contribution in [-0.4, -0.2) is 13.2 Å². The minimum Gasteiger partial charge on any atom is -0.381 e. The Hall–Kier alpha value is -0.850. The van der Waals surface area contributed by atoms with Gasteiger partial charge in [0.05, 0.1) is 12.0 Å². The van der Waals surface area contributed by atoms with Crippen molar-refractivity contribution in [2.24, 2.45) is 17.8 Å². The molecule has 0 bridgehead atoms. The molecule has 0 spiro atoms. The monoisotopic (exact) mass is 365 g/mol. The summed E-state index contributed by atoms with van der Waals surface area (Å²) in [6, 6.07) is 11.0. The van der Waals surface area contributed by atoms with E-state index >= 15 is 0 Å². The van der Waals surface area contributed by atoms with Crippen LogP contribution in [-0.2, 0) is 4.74 Å². The number of hydrogen-bond donors (Lipinski definition) is 0. The second-order valence-electron chi connectivity index (χ2n) is 6.17.